The third-order valence-corrected chi connectivity index (χ3v) is 0. The smallest absolute Gasteiger partial charge is 0.0383 e. The fourth-order valence-electron chi connectivity index (χ4n) is 0. The Labute approximate surface area is 173 Å². The summed E-state index contributed by atoms with van der Waals surface area (Å²) < 4.78 is 0. The van der Waals surface area contributed by atoms with Gasteiger partial charge in [-0.05, 0) is 41.5 Å². The van der Waals surface area contributed by atoms with Crippen LogP contribution < -0.4 is 30.6 Å². The normalized spacial score (nSPS) is 5.77. The molecule has 156 valence electrons. The molecule has 0 rings (SSSR count). The van der Waals surface area contributed by atoms with Gasteiger partial charge in [-0.1, -0.05) is 0 Å². The van der Waals surface area contributed by atoms with Crippen molar-refractivity contribution in [3.63, 3.8) is 0 Å². The van der Waals surface area contributed by atoms with Crippen LogP contribution in [-0.2, 0) is 28.8 Å². The minimum Gasteiger partial charge on any atom is -0.550 e. The second kappa shape index (κ2) is 43.4. The zero-order valence-corrected chi connectivity index (χ0v) is 19.1. The van der Waals surface area contributed by atoms with E-state index in [4.69, 9.17) is 59.4 Å². The molecular weight excluding hydrogens is 590 g/mol. The molecule has 0 aliphatic rings. The number of rotatable bonds is 0. The number of hydrogen-bond acceptors (Lipinski definition) is 12. The Morgan fingerprint density at radius 2 is 0.385 bits per heavy atom. The summed E-state index contributed by atoms with van der Waals surface area (Å²) in [5, 5.41) is 53.3. The van der Waals surface area contributed by atoms with E-state index < -0.39 is 35.8 Å². The van der Waals surface area contributed by atoms with Crippen molar-refractivity contribution in [3.8, 4) is 0 Å². The summed E-state index contributed by atoms with van der Waals surface area (Å²) in [5.41, 5.74) is 0. The fraction of sp³-hybridized carbons (Fsp3) is 0.500. The summed E-state index contributed by atoms with van der Waals surface area (Å²) in [6.45, 7) is 5.83. The number of carbonyl (C=O) groups excluding carboxylic acids is 6. The predicted octanol–water partition coefficient (Wildman–Crippen LogP) is -8.29. The van der Waals surface area contributed by atoms with E-state index >= 15 is 0 Å². The van der Waals surface area contributed by atoms with Crippen molar-refractivity contribution in [3.05, 3.63) is 0 Å². The molecule has 0 aromatic rings. The number of hydrogen-bond donors (Lipinski definition) is 0. The van der Waals surface area contributed by atoms with Crippen molar-refractivity contribution < 1.29 is 96.0 Å². The maximum absolute atomic E-state index is 8.89. The number of carboxylic acids is 6. The van der Waals surface area contributed by atoms with E-state index in [9.17, 15) is 0 Å². The van der Waals surface area contributed by atoms with E-state index in [0.717, 1.165) is 41.5 Å². The fourth-order valence-corrected chi connectivity index (χ4v) is 0. The van der Waals surface area contributed by atoms with Crippen LogP contribution in [0.1, 0.15) is 41.5 Å². The number of carboxylic acid groups (broad SMARTS) is 6. The van der Waals surface area contributed by atoms with Gasteiger partial charge in [0.2, 0.25) is 0 Å². The van der Waals surface area contributed by atoms with Gasteiger partial charge >= 0.3 is 0 Å². The van der Waals surface area contributed by atoms with Crippen LogP contribution in [0.3, 0.4) is 0 Å². The standard InChI is InChI=1S/6C2H4O2.H2O.U/c6*1-2(3)4;;/h6*1H3,(H,3,4);1H2;/p-6. The van der Waals surface area contributed by atoms with Crippen LogP contribution in [0.2, 0.25) is 0 Å². The number of carbonyl (C=O) groups is 6. The molecule has 0 aliphatic carbocycles. The number of aliphatic carboxylic acids is 6. The van der Waals surface area contributed by atoms with Crippen molar-refractivity contribution in [2.45, 2.75) is 41.5 Å². The Morgan fingerprint density at radius 3 is 0.385 bits per heavy atom. The quantitative estimate of drug-likeness (QED) is 0.247. The predicted molar refractivity (Wildman–Crippen MR) is 67.7 cm³/mol. The Hall–Kier alpha value is -2.17. The van der Waals surface area contributed by atoms with Crippen LogP contribution in [0.15, 0.2) is 0 Å². The molecule has 0 bridgehead atoms. The van der Waals surface area contributed by atoms with Crippen molar-refractivity contribution in [2.75, 3.05) is 0 Å². The molecule has 0 atom stereocenters. The average molecular weight is 610 g/mol. The Balaban J connectivity index is -0.0000000245. The molecule has 0 saturated carbocycles. The molecular formula is C12H20O13U-6. The Kier molecular flexibility index (Phi) is 82.8. The molecule has 14 heteroatoms. The van der Waals surface area contributed by atoms with Crippen molar-refractivity contribution in [2.24, 2.45) is 0 Å². The molecule has 0 radical (unpaired) electrons. The molecule has 26 heavy (non-hydrogen) atoms. The summed E-state index contributed by atoms with van der Waals surface area (Å²) in [6.07, 6.45) is 0. The van der Waals surface area contributed by atoms with Crippen LogP contribution >= 0.6 is 0 Å². The molecule has 0 saturated heterocycles. The van der Waals surface area contributed by atoms with Gasteiger partial charge in [0.05, 0.1) is 0 Å². The van der Waals surface area contributed by atoms with Crippen LogP contribution in [0.25, 0.3) is 0 Å². The summed E-state index contributed by atoms with van der Waals surface area (Å²) >= 11 is 0. The largest absolute Gasteiger partial charge is 0.550 e. The molecule has 0 aromatic heterocycles. The molecule has 2 N–H and O–H groups in total. The van der Waals surface area contributed by atoms with Gasteiger partial charge in [0.25, 0.3) is 0 Å². The van der Waals surface area contributed by atoms with Crippen molar-refractivity contribution in [1.82, 2.24) is 0 Å². The van der Waals surface area contributed by atoms with E-state index in [1.54, 1.807) is 0 Å². The zero-order valence-electron chi connectivity index (χ0n) is 14.9. The first-order chi connectivity index (χ1) is 10.4. The third kappa shape index (κ3) is 2020. The zero-order chi connectivity index (χ0) is 21.5. The van der Waals surface area contributed by atoms with Crippen LogP contribution in [-0.4, -0.2) is 41.3 Å². The van der Waals surface area contributed by atoms with Gasteiger partial charge in [0, 0.05) is 66.9 Å². The molecule has 0 amide bonds. The molecule has 0 spiro atoms. The Morgan fingerprint density at radius 1 is 0.385 bits per heavy atom. The van der Waals surface area contributed by atoms with Gasteiger partial charge in [-0.25, -0.2) is 0 Å². The molecule has 0 unspecified atom stereocenters. The van der Waals surface area contributed by atoms with Gasteiger partial charge in [-0.15, -0.1) is 0 Å². The van der Waals surface area contributed by atoms with E-state index in [1.807, 2.05) is 0 Å². The van der Waals surface area contributed by atoms with Gasteiger partial charge < -0.3 is 64.9 Å². The molecule has 13 nitrogen and oxygen atoms in total. The second-order valence-electron chi connectivity index (χ2n) is 2.95. The van der Waals surface area contributed by atoms with Crippen molar-refractivity contribution in [1.29, 1.82) is 0 Å². The summed E-state index contributed by atoms with van der Waals surface area (Å²) in [6, 6.07) is 0. The van der Waals surface area contributed by atoms with Crippen LogP contribution in [0, 0.1) is 31.1 Å². The first kappa shape index (κ1) is 49.6. The summed E-state index contributed by atoms with van der Waals surface area (Å²) in [4.78, 5) is 53.3. The monoisotopic (exact) mass is 610 g/mol. The van der Waals surface area contributed by atoms with Crippen molar-refractivity contribution >= 4 is 35.8 Å². The van der Waals surface area contributed by atoms with Crippen LogP contribution in [0.4, 0.5) is 0 Å². The minimum absolute atomic E-state index is 0. The third-order valence-electron chi connectivity index (χ3n) is 0. The van der Waals surface area contributed by atoms with E-state index in [1.165, 1.54) is 0 Å². The van der Waals surface area contributed by atoms with Gasteiger partial charge in [0.15, 0.2) is 0 Å². The first-order valence-corrected chi connectivity index (χ1v) is 5.45. The molecule has 0 heterocycles. The van der Waals surface area contributed by atoms with E-state index in [2.05, 4.69) is 0 Å². The Bertz CT molecular complexity index is 262. The maximum atomic E-state index is 8.89. The maximum Gasteiger partial charge on any atom is 0.0383 e. The second-order valence-corrected chi connectivity index (χ2v) is 2.95. The first-order valence-electron chi connectivity index (χ1n) is 5.45. The molecule has 0 aliphatic heterocycles. The minimum atomic E-state index is -1.08. The average Bonchev–Trinajstić information content (AvgIpc) is 2.08. The van der Waals surface area contributed by atoms with E-state index in [-0.39, 0.29) is 36.6 Å². The van der Waals surface area contributed by atoms with Gasteiger partial charge in [0.1, 0.15) is 0 Å². The summed E-state index contributed by atoms with van der Waals surface area (Å²) in [7, 11) is 0. The van der Waals surface area contributed by atoms with Gasteiger partial charge in [-0.2, -0.15) is 0 Å². The SMILES string of the molecule is CC(=O)[O-].CC(=O)[O-].CC(=O)[O-].CC(=O)[O-].CC(=O)[O-].CC(=O)[O-].O.[U]. The van der Waals surface area contributed by atoms with E-state index in [0.29, 0.717) is 0 Å². The molecule has 0 aromatic carbocycles. The topological polar surface area (TPSA) is 272 Å². The summed E-state index contributed by atoms with van der Waals surface area (Å²) in [5.74, 6) is -6.50. The van der Waals surface area contributed by atoms with Crippen LogP contribution in [0.5, 0.6) is 0 Å². The van der Waals surface area contributed by atoms with Gasteiger partial charge in [-0.3, -0.25) is 0 Å². The molecule has 0 fully saturated rings.